The summed E-state index contributed by atoms with van der Waals surface area (Å²) in [4.78, 5) is 29.9. The number of aromatic nitrogens is 2. The number of hydrogen-bond donors (Lipinski definition) is 0. The quantitative estimate of drug-likeness (QED) is 0.383. The van der Waals surface area contributed by atoms with E-state index in [0.717, 1.165) is 33.6 Å². The zero-order valence-electron chi connectivity index (χ0n) is 19.2. The number of methoxy groups -OCH3 is 1. The van der Waals surface area contributed by atoms with Crippen molar-refractivity contribution >= 4 is 28.6 Å². The summed E-state index contributed by atoms with van der Waals surface area (Å²) in [6, 6.07) is 24.5. The van der Waals surface area contributed by atoms with Gasteiger partial charge in [0.1, 0.15) is 12.3 Å². The molecule has 0 radical (unpaired) electrons. The molecule has 5 rings (SSSR count). The molecular weight excluding hydrogens is 444 g/mol. The van der Waals surface area contributed by atoms with Crippen LogP contribution in [-0.4, -0.2) is 45.9 Å². The number of carbonyl (C=O) groups excluding carboxylic acids is 2. The molecule has 1 aromatic heterocycles. The van der Waals surface area contributed by atoms with Crippen LogP contribution in [0.1, 0.15) is 23.6 Å². The number of carbonyl (C=O) groups is 2. The van der Waals surface area contributed by atoms with E-state index in [4.69, 9.17) is 9.47 Å². The number of amides is 1. The molecule has 0 aliphatic carbocycles. The number of rotatable bonds is 7. The predicted molar refractivity (Wildman–Crippen MR) is 131 cm³/mol. The number of nitrogens with zero attached hydrogens (tertiary/aromatic N) is 4. The first-order valence-electron chi connectivity index (χ1n) is 11.3. The van der Waals surface area contributed by atoms with Gasteiger partial charge in [-0.3, -0.25) is 9.59 Å². The second-order valence-corrected chi connectivity index (χ2v) is 8.17. The molecule has 1 unspecified atom stereocenters. The summed E-state index contributed by atoms with van der Waals surface area (Å²) in [5.41, 5.74) is 4.29. The van der Waals surface area contributed by atoms with Gasteiger partial charge in [-0.1, -0.05) is 54.6 Å². The maximum atomic E-state index is 13.1. The fourth-order valence-corrected chi connectivity index (χ4v) is 4.16. The van der Waals surface area contributed by atoms with Gasteiger partial charge >= 0.3 is 5.97 Å². The zero-order chi connectivity index (χ0) is 24.2. The number of hydrogen-bond acceptors (Lipinski definition) is 6. The molecule has 1 aliphatic rings. The number of benzene rings is 3. The molecular formula is C27H24N4O4. The Morgan fingerprint density at radius 2 is 1.71 bits per heavy atom. The summed E-state index contributed by atoms with van der Waals surface area (Å²) in [5, 5.41) is 6.04. The summed E-state index contributed by atoms with van der Waals surface area (Å²) < 4.78 is 12.3. The third-order valence-corrected chi connectivity index (χ3v) is 5.96. The number of hydrazone groups is 1. The molecule has 0 bridgehead atoms. The van der Waals surface area contributed by atoms with E-state index in [1.807, 2.05) is 78.9 Å². The normalized spacial score (nSPS) is 15.2. The Morgan fingerprint density at radius 3 is 2.49 bits per heavy atom. The summed E-state index contributed by atoms with van der Waals surface area (Å²) in [5.74, 6) is -0.177. The lowest BCUT2D eigenvalue weighted by atomic mass is 9.98. The Hall–Kier alpha value is -4.46. The molecule has 1 amide bonds. The number of fused-ring (bicyclic) bond motifs is 1. The number of ether oxygens (including phenoxy) is 2. The Labute approximate surface area is 202 Å². The minimum absolute atomic E-state index is 0.0335. The maximum Gasteiger partial charge on any atom is 0.326 e. The van der Waals surface area contributed by atoms with Crippen LogP contribution in [0.3, 0.4) is 0 Å². The van der Waals surface area contributed by atoms with Crippen LogP contribution in [0.15, 0.2) is 90.3 Å². The van der Waals surface area contributed by atoms with Crippen LogP contribution >= 0.6 is 0 Å². The van der Waals surface area contributed by atoms with Crippen molar-refractivity contribution in [1.29, 1.82) is 0 Å². The topological polar surface area (TPSA) is 86.0 Å². The Kier molecular flexibility index (Phi) is 6.26. The fraction of sp³-hybridized carbons (Fsp3) is 0.185. The van der Waals surface area contributed by atoms with Gasteiger partial charge in [0.25, 0.3) is 5.91 Å². The lowest BCUT2D eigenvalue weighted by molar-refractivity contribution is -0.153. The highest BCUT2D eigenvalue weighted by Crippen LogP contribution is 2.33. The number of esters is 1. The molecule has 0 spiro atoms. The van der Waals surface area contributed by atoms with Gasteiger partial charge in [0, 0.05) is 6.42 Å². The van der Waals surface area contributed by atoms with E-state index in [1.54, 1.807) is 18.0 Å². The Balaban J connectivity index is 1.30. The second kappa shape index (κ2) is 9.80. The minimum atomic E-state index is -0.519. The summed E-state index contributed by atoms with van der Waals surface area (Å²) in [7, 11) is 1.61. The van der Waals surface area contributed by atoms with Crippen molar-refractivity contribution in [1.82, 2.24) is 14.6 Å². The Morgan fingerprint density at radius 1 is 0.971 bits per heavy atom. The van der Waals surface area contributed by atoms with E-state index >= 15 is 0 Å². The highest BCUT2D eigenvalue weighted by Gasteiger charge is 2.33. The first kappa shape index (κ1) is 22.3. The van der Waals surface area contributed by atoms with Crippen molar-refractivity contribution in [3.05, 3.63) is 96.3 Å². The average Bonchev–Trinajstić information content (AvgIpc) is 3.53. The van der Waals surface area contributed by atoms with E-state index in [2.05, 4.69) is 10.1 Å². The lowest BCUT2D eigenvalue weighted by Gasteiger charge is -2.22. The molecule has 8 heteroatoms. The van der Waals surface area contributed by atoms with Gasteiger partial charge in [0.05, 0.1) is 36.2 Å². The van der Waals surface area contributed by atoms with Crippen LogP contribution in [0.4, 0.5) is 0 Å². The second-order valence-electron chi connectivity index (χ2n) is 8.17. The zero-order valence-corrected chi connectivity index (χ0v) is 19.2. The van der Waals surface area contributed by atoms with Crippen molar-refractivity contribution in [2.75, 3.05) is 13.7 Å². The first-order chi connectivity index (χ1) is 17.1. The molecule has 1 atom stereocenters. The molecule has 8 nitrogen and oxygen atoms in total. The van der Waals surface area contributed by atoms with Crippen molar-refractivity contribution in [3.8, 4) is 5.75 Å². The molecule has 1 aliphatic heterocycles. The largest absolute Gasteiger partial charge is 0.497 e. The van der Waals surface area contributed by atoms with E-state index in [-0.39, 0.29) is 18.5 Å². The summed E-state index contributed by atoms with van der Waals surface area (Å²) in [6.07, 6.45) is 2.14. The van der Waals surface area contributed by atoms with Crippen molar-refractivity contribution in [3.63, 3.8) is 0 Å². The molecule has 0 saturated heterocycles. The average molecular weight is 469 g/mol. The molecule has 0 N–H and O–H groups in total. The molecule has 0 fully saturated rings. The van der Waals surface area contributed by atoms with E-state index < -0.39 is 12.6 Å². The molecule has 2 heterocycles. The van der Waals surface area contributed by atoms with Gasteiger partial charge in [-0.2, -0.15) is 5.10 Å². The van der Waals surface area contributed by atoms with Gasteiger partial charge in [-0.05, 0) is 35.4 Å². The standard InChI is InChI=1S/C27H24N4O4/c1-34-21-13-11-20(12-14-21)25-15-23(19-7-3-2-4-8-19)29-31(25)26(32)17-35-27(33)16-30-18-28-22-9-5-6-10-24(22)30/h2-14,18,25H,15-17H2,1H3. The monoisotopic (exact) mass is 468 g/mol. The third kappa shape index (κ3) is 4.77. The lowest BCUT2D eigenvalue weighted by Crippen LogP contribution is -2.31. The number of para-hydroxylation sites is 2. The Bertz CT molecular complexity index is 1380. The summed E-state index contributed by atoms with van der Waals surface area (Å²) >= 11 is 0. The minimum Gasteiger partial charge on any atom is -0.497 e. The maximum absolute atomic E-state index is 13.1. The van der Waals surface area contributed by atoms with Gasteiger partial charge in [0.2, 0.25) is 0 Å². The molecule has 176 valence electrons. The number of imidazole rings is 1. The van der Waals surface area contributed by atoms with Crippen molar-refractivity contribution < 1.29 is 19.1 Å². The van der Waals surface area contributed by atoms with E-state index in [9.17, 15) is 9.59 Å². The third-order valence-electron chi connectivity index (χ3n) is 5.96. The van der Waals surface area contributed by atoms with Crippen LogP contribution in [-0.2, 0) is 20.9 Å². The van der Waals surface area contributed by atoms with Crippen LogP contribution in [0.25, 0.3) is 11.0 Å². The van der Waals surface area contributed by atoms with Crippen LogP contribution in [0, 0.1) is 0 Å². The summed E-state index contributed by atoms with van der Waals surface area (Å²) in [6.45, 7) is -0.433. The van der Waals surface area contributed by atoms with Gasteiger partial charge in [-0.15, -0.1) is 0 Å². The molecule has 3 aromatic carbocycles. The first-order valence-corrected chi connectivity index (χ1v) is 11.3. The van der Waals surface area contributed by atoms with Gasteiger partial charge in [-0.25, -0.2) is 9.99 Å². The van der Waals surface area contributed by atoms with Crippen molar-refractivity contribution in [2.45, 2.75) is 19.0 Å². The van der Waals surface area contributed by atoms with Crippen molar-refractivity contribution in [2.24, 2.45) is 5.10 Å². The SMILES string of the molecule is COc1ccc(C2CC(c3ccccc3)=NN2C(=O)COC(=O)Cn2cnc3ccccc32)cc1. The van der Waals surface area contributed by atoms with Crippen LogP contribution < -0.4 is 4.74 Å². The van der Waals surface area contributed by atoms with Crippen LogP contribution in [0.5, 0.6) is 5.75 Å². The molecule has 4 aromatic rings. The predicted octanol–water partition coefficient (Wildman–Crippen LogP) is 3.97. The van der Waals surface area contributed by atoms with Crippen LogP contribution in [0.2, 0.25) is 0 Å². The highest BCUT2D eigenvalue weighted by atomic mass is 16.5. The fourth-order valence-electron chi connectivity index (χ4n) is 4.16. The molecule has 0 saturated carbocycles. The molecule has 35 heavy (non-hydrogen) atoms. The van der Waals surface area contributed by atoms with Gasteiger partial charge < -0.3 is 14.0 Å². The highest BCUT2D eigenvalue weighted by molar-refractivity contribution is 6.03. The van der Waals surface area contributed by atoms with Gasteiger partial charge in [0.15, 0.2) is 6.61 Å². The van der Waals surface area contributed by atoms with E-state index in [0.29, 0.717) is 6.42 Å². The smallest absolute Gasteiger partial charge is 0.326 e. The van der Waals surface area contributed by atoms with E-state index in [1.165, 1.54) is 5.01 Å².